The van der Waals surface area contributed by atoms with Gasteiger partial charge < -0.3 is 10.1 Å². The average molecular weight is 445 g/mol. The van der Waals surface area contributed by atoms with Crippen LogP contribution in [-0.4, -0.2) is 38.1 Å². The minimum atomic E-state index is -0.631. The highest BCUT2D eigenvalue weighted by Gasteiger charge is 2.17. The monoisotopic (exact) mass is 445 g/mol. The number of ether oxygens (including phenoxy) is 1. The summed E-state index contributed by atoms with van der Waals surface area (Å²) in [6, 6.07) is 12.7. The Morgan fingerprint density at radius 3 is 2.39 bits per heavy atom. The lowest BCUT2D eigenvalue weighted by atomic mass is 10.2. The number of benzene rings is 1. The molecule has 1 aromatic carbocycles. The van der Waals surface area contributed by atoms with E-state index in [1.54, 1.807) is 48.8 Å². The first-order valence-corrected chi connectivity index (χ1v) is 9.93. The first-order chi connectivity index (χ1) is 16.0. The van der Waals surface area contributed by atoms with Gasteiger partial charge in [0, 0.05) is 24.3 Å². The molecule has 0 atom stereocenters. The Morgan fingerprint density at radius 2 is 1.70 bits per heavy atom. The van der Waals surface area contributed by atoms with E-state index in [1.807, 2.05) is 0 Å². The molecule has 10 heteroatoms. The van der Waals surface area contributed by atoms with Gasteiger partial charge in [0.15, 0.2) is 5.52 Å². The molecule has 1 amide bonds. The van der Waals surface area contributed by atoms with E-state index in [-0.39, 0.29) is 24.1 Å². The van der Waals surface area contributed by atoms with Gasteiger partial charge in [-0.25, -0.2) is 14.6 Å². The van der Waals surface area contributed by atoms with E-state index >= 15 is 0 Å². The van der Waals surface area contributed by atoms with Crippen molar-refractivity contribution in [1.29, 1.82) is 0 Å². The normalized spacial score (nSPS) is 10.7. The highest BCUT2D eigenvalue weighted by atomic mass is 16.5. The van der Waals surface area contributed by atoms with Crippen LogP contribution >= 0.6 is 0 Å². The summed E-state index contributed by atoms with van der Waals surface area (Å²) in [7, 11) is 1.28. The third-order valence-corrected chi connectivity index (χ3v) is 4.97. The standard InChI is InChI=1S/C23H19N5O5/c1-33-22(31)16-4-6-17(7-5-16)26-19(29)14-27-18-3-2-10-25-20(18)21(30)28(23(27)32)13-15-8-11-24-12-9-15/h2-12H,13-14H2,1H3,(H,26,29). The second-order valence-corrected chi connectivity index (χ2v) is 7.10. The number of amides is 1. The van der Waals surface area contributed by atoms with Crippen LogP contribution in [-0.2, 0) is 22.6 Å². The number of hydrogen-bond acceptors (Lipinski definition) is 7. The molecular formula is C23H19N5O5. The molecule has 4 rings (SSSR count). The van der Waals surface area contributed by atoms with Crippen LogP contribution in [0, 0.1) is 0 Å². The number of esters is 1. The van der Waals surface area contributed by atoms with Crippen molar-refractivity contribution in [3.63, 3.8) is 0 Å². The zero-order valence-electron chi connectivity index (χ0n) is 17.6. The maximum absolute atomic E-state index is 13.2. The molecule has 0 bridgehead atoms. The number of carbonyl (C=O) groups is 2. The number of rotatable bonds is 6. The Labute approximate surface area is 187 Å². The topological polar surface area (TPSA) is 125 Å². The minimum Gasteiger partial charge on any atom is -0.465 e. The van der Waals surface area contributed by atoms with Gasteiger partial charge >= 0.3 is 11.7 Å². The number of carbonyl (C=O) groups excluding carboxylic acids is 2. The van der Waals surface area contributed by atoms with Crippen molar-refractivity contribution < 1.29 is 14.3 Å². The van der Waals surface area contributed by atoms with Gasteiger partial charge in [-0.05, 0) is 54.1 Å². The van der Waals surface area contributed by atoms with Crippen LogP contribution in [0.2, 0.25) is 0 Å². The molecule has 166 valence electrons. The molecule has 0 aliphatic rings. The smallest absolute Gasteiger partial charge is 0.337 e. The summed E-state index contributed by atoms with van der Waals surface area (Å²) in [6.07, 6.45) is 4.59. The molecular weight excluding hydrogens is 426 g/mol. The van der Waals surface area contributed by atoms with Crippen LogP contribution in [0.4, 0.5) is 5.69 Å². The zero-order valence-corrected chi connectivity index (χ0v) is 17.6. The maximum atomic E-state index is 13.2. The Bertz CT molecular complexity index is 1440. The molecule has 3 heterocycles. The molecule has 0 radical (unpaired) electrons. The van der Waals surface area contributed by atoms with Crippen molar-refractivity contribution in [1.82, 2.24) is 19.1 Å². The van der Waals surface area contributed by atoms with E-state index in [4.69, 9.17) is 0 Å². The van der Waals surface area contributed by atoms with E-state index in [0.29, 0.717) is 16.8 Å². The van der Waals surface area contributed by atoms with E-state index in [9.17, 15) is 19.2 Å². The summed E-state index contributed by atoms with van der Waals surface area (Å²) in [5.41, 5.74) is 0.661. The van der Waals surface area contributed by atoms with Crippen molar-refractivity contribution in [3.8, 4) is 0 Å². The third kappa shape index (κ3) is 4.54. The number of pyridine rings is 2. The van der Waals surface area contributed by atoms with Gasteiger partial charge in [-0.15, -0.1) is 0 Å². The minimum absolute atomic E-state index is 0.0172. The number of anilines is 1. The summed E-state index contributed by atoms with van der Waals surface area (Å²) in [6.45, 7) is -0.320. The zero-order chi connectivity index (χ0) is 23.4. The highest BCUT2D eigenvalue weighted by Crippen LogP contribution is 2.11. The highest BCUT2D eigenvalue weighted by molar-refractivity contribution is 5.93. The third-order valence-electron chi connectivity index (χ3n) is 4.97. The van der Waals surface area contributed by atoms with Gasteiger partial charge in [-0.1, -0.05) is 0 Å². The summed E-state index contributed by atoms with van der Waals surface area (Å²) in [5, 5.41) is 2.68. The van der Waals surface area contributed by atoms with Gasteiger partial charge in [-0.3, -0.25) is 23.7 Å². The largest absolute Gasteiger partial charge is 0.465 e. The first-order valence-electron chi connectivity index (χ1n) is 9.93. The van der Waals surface area contributed by atoms with Crippen molar-refractivity contribution in [2.45, 2.75) is 13.1 Å². The van der Waals surface area contributed by atoms with Gasteiger partial charge in [0.05, 0.1) is 24.7 Å². The number of nitrogens with one attached hydrogen (secondary N) is 1. The SMILES string of the molecule is COC(=O)c1ccc(NC(=O)Cn2c(=O)n(Cc3ccncc3)c(=O)c3ncccc32)cc1. The van der Waals surface area contributed by atoms with E-state index in [2.05, 4.69) is 20.0 Å². The predicted molar refractivity (Wildman–Crippen MR) is 120 cm³/mol. The molecule has 1 N–H and O–H groups in total. The fourth-order valence-corrected chi connectivity index (χ4v) is 3.36. The lowest BCUT2D eigenvalue weighted by molar-refractivity contribution is -0.116. The van der Waals surface area contributed by atoms with Gasteiger partial charge in [0.2, 0.25) is 5.91 Å². The molecule has 0 saturated carbocycles. The Balaban J connectivity index is 1.67. The number of aromatic nitrogens is 4. The van der Waals surface area contributed by atoms with Gasteiger partial charge in [0.1, 0.15) is 6.54 Å². The van der Waals surface area contributed by atoms with Crippen LogP contribution in [0.5, 0.6) is 0 Å². The average Bonchev–Trinajstić information content (AvgIpc) is 2.85. The second kappa shape index (κ2) is 9.27. The lowest BCUT2D eigenvalue weighted by Gasteiger charge is -2.14. The van der Waals surface area contributed by atoms with Crippen molar-refractivity contribution in [2.24, 2.45) is 0 Å². The van der Waals surface area contributed by atoms with Gasteiger partial charge in [0.25, 0.3) is 5.56 Å². The Morgan fingerprint density at radius 1 is 0.970 bits per heavy atom. The van der Waals surface area contributed by atoms with Crippen molar-refractivity contribution in [3.05, 3.63) is 99.1 Å². The molecule has 0 aliphatic carbocycles. The summed E-state index contributed by atoms with van der Waals surface area (Å²) in [5.74, 6) is -0.975. The quantitative estimate of drug-likeness (QED) is 0.445. The van der Waals surface area contributed by atoms with Crippen LogP contribution < -0.4 is 16.6 Å². The molecule has 0 fully saturated rings. The molecule has 3 aromatic heterocycles. The number of hydrogen-bond donors (Lipinski definition) is 1. The first kappa shape index (κ1) is 21.6. The number of methoxy groups -OCH3 is 1. The fourth-order valence-electron chi connectivity index (χ4n) is 3.36. The summed E-state index contributed by atoms with van der Waals surface area (Å²) < 4.78 is 6.91. The molecule has 0 unspecified atom stereocenters. The second-order valence-electron chi connectivity index (χ2n) is 7.10. The summed E-state index contributed by atoms with van der Waals surface area (Å²) >= 11 is 0. The summed E-state index contributed by atoms with van der Waals surface area (Å²) in [4.78, 5) is 58.5. The van der Waals surface area contributed by atoms with E-state index < -0.39 is 23.1 Å². The Hall–Kier alpha value is -4.60. The maximum Gasteiger partial charge on any atom is 0.337 e. The van der Waals surface area contributed by atoms with Gasteiger partial charge in [-0.2, -0.15) is 0 Å². The molecule has 0 spiro atoms. The van der Waals surface area contributed by atoms with Crippen molar-refractivity contribution in [2.75, 3.05) is 12.4 Å². The van der Waals surface area contributed by atoms with E-state index in [1.165, 1.54) is 30.0 Å². The van der Waals surface area contributed by atoms with Crippen molar-refractivity contribution >= 4 is 28.6 Å². The van der Waals surface area contributed by atoms with E-state index in [0.717, 1.165) is 4.57 Å². The van der Waals surface area contributed by atoms with Crippen LogP contribution in [0.1, 0.15) is 15.9 Å². The molecule has 0 saturated heterocycles. The van der Waals surface area contributed by atoms with Crippen LogP contribution in [0.3, 0.4) is 0 Å². The molecule has 0 aliphatic heterocycles. The molecule has 10 nitrogen and oxygen atoms in total. The Kier molecular flexibility index (Phi) is 6.07. The van der Waals surface area contributed by atoms with Crippen LogP contribution in [0.15, 0.2) is 76.7 Å². The number of fused-ring (bicyclic) bond motifs is 1. The number of nitrogens with zero attached hydrogens (tertiary/aromatic N) is 4. The molecule has 33 heavy (non-hydrogen) atoms. The predicted octanol–water partition coefficient (Wildman–Crippen LogP) is 1.43. The van der Waals surface area contributed by atoms with Crippen LogP contribution in [0.25, 0.3) is 11.0 Å². The fraction of sp³-hybridized carbons (Fsp3) is 0.130. The molecule has 4 aromatic rings. The lowest BCUT2D eigenvalue weighted by Crippen LogP contribution is -2.42.